The van der Waals surface area contributed by atoms with E-state index in [4.69, 9.17) is 4.74 Å². The summed E-state index contributed by atoms with van der Waals surface area (Å²) in [4.78, 5) is 4.88. The van der Waals surface area contributed by atoms with Crippen molar-refractivity contribution in [2.24, 2.45) is 4.99 Å². The molecule has 1 aliphatic rings. The molecule has 0 radical (unpaired) electrons. The van der Waals surface area contributed by atoms with Gasteiger partial charge in [-0.1, -0.05) is 31.4 Å². The fourth-order valence-corrected chi connectivity index (χ4v) is 4.15. The lowest BCUT2D eigenvalue weighted by Gasteiger charge is -2.22. The lowest BCUT2D eigenvalue weighted by Crippen LogP contribution is -2.38. The van der Waals surface area contributed by atoms with E-state index in [-0.39, 0.29) is 24.0 Å². The SMILES string of the molecule is CCNC(=NCc1ccc(S(=O)(=O)N(C)C)cc1)NCCCOC1CCCCC1.I. The number of aliphatic imine (C=N–C) groups is 1. The number of benzene rings is 1. The number of halogens is 1. The number of rotatable bonds is 10. The molecular formula is C21H37IN4O3S. The van der Waals surface area contributed by atoms with Crippen LogP contribution < -0.4 is 10.6 Å². The molecular weight excluding hydrogens is 515 g/mol. The number of sulfonamides is 1. The minimum Gasteiger partial charge on any atom is -0.378 e. The minimum atomic E-state index is -3.40. The number of ether oxygens (including phenoxy) is 1. The van der Waals surface area contributed by atoms with Crippen LogP contribution in [0.5, 0.6) is 0 Å². The Morgan fingerprint density at radius 2 is 1.80 bits per heavy atom. The predicted octanol–water partition coefficient (Wildman–Crippen LogP) is 3.35. The third-order valence-corrected chi connectivity index (χ3v) is 6.81. The molecule has 0 bridgehead atoms. The molecule has 0 amide bonds. The average molecular weight is 553 g/mol. The second-order valence-electron chi connectivity index (χ2n) is 7.54. The van der Waals surface area contributed by atoms with Crippen LogP contribution in [0.25, 0.3) is 0 Å². The molecule has 0 saturated heterocycles. The first-order valence-electron chi connectivity index (χ1n) is 10.6. The van der Waals surface area contributed by atoms with Crippen LogP contribution >= 0.6 is 24.0 Å². The molecule has 1 aromatic carbocycles. The Morgan fingerprint density at radius 1 is 1.13 bits per heavy atom. The zero-order chi connectivity index (χ0) is 21.1. The molecule has 2 rings (SSSR count). The molecule has 172 valence electrons. The van der Waals surface area contributed by atoms with Gasteiger partial charge < -0.3 is 15.4 Å². The van der Waals surface area contributed by atoms with Crippen molar-refractivity contribution in [3.63, 3.8) is 0 Å². The van der Waals surface area contributed by atoms with E-state index in [9.17, 15) is 8.42 Å². The van der Waals surface area contributed by atoms with Crippen LogP contribution in [0.4, 0.5) is 0 Å². The zero-order valence-corrected chi connectivity index (χ0v) is 21.5. The third kappa shape index (κ3) is 9.07. The fraction of sp³-hybridized carbons (Fsp3) is 0.667. The van der Waals surface area contributed by atoms with Gasteiger partial charge in [0, 0.05) is 33.8 Å². The summed E-state index contributed by atoms with van der Waals surface area (Å²) in [5.41, 5.74) is 0.959. The molecule has 1 aromatic rings. The number of hydrogen-bond acceptors (Lipinski definition) is 4. The minimum absolute atomic E-state index is 0. The van der Waals surface area contributed by atoms with Crippen LogP contribution in [0.3, 0.4) is 0 Å². The van der Waals surface area contributed by atoms with Crippen molar-refractivity contribution in [2.75, 3.05) is 33.8 Å². The van der Waals surface area contributed by atoms with Gasteiger partial charge in [-0.15, -0.1) is 24.0 Å². The van der Waals surface area contributed by atoms with Crippen LogP contribution in [0.2, 0.25) is 0 Å². The highest BCUT2D eigenvalue weighted by Crippen LogP contribution is 2.20. The van der Waals surface area contributed by atoms with Crippen LogP contribution in [-0.2, 0) is 21.3 Å². The van der Waals surface area contributed by atoms with Crippen LogP contribution in [0.1, 0.15) is 51.0 Å². The van der Waals surface area contributed by atoms with E-state index in [0.717, 1.165) is 37.6 Å². The molecule has 0 aromatic heterocycles. The van der Waals surface area contributed by atoms with Gasteiger partial charge in [0.2, 0.25) is 10.0 Å². The highest BCUT2D eigenvalue weighted by Gasteiger charge is 2.16. The molecule has 1 aliphatic carbocycles. The largest absolute Gasteiger partial charge is 0.378 e. The van der Waals surface area contributed by atoms with Crippen molar-refractivity contribution in [2.45, 2.75) is 63.0 Å². The summed E-state index contributed by atoms with van der Waals surface area (Å²) >= 11 is 0. The number of nitrogens with one attached hydrogen (secondary N) is 2. The normalized spacial score (nSPS) is 15.7. The lowest BCUT2D eigenvalue weighted by molar-refractivity contribution is 0.0277. The third-order valence-electron chi connectivity index (χ3n) is 4.99. The van der Waals surface area contributed by atoms with E-state index >= 15 is 0 Å². The standard InChI is InChI=1S/C21H36N4O3S.HI/c1-4-22-21(23-15-8-16-28-19-9-6-5-7-10-19)24-17-18-11-13-20(14-12-18)29(26,27)25(2)3;/h11-14,19H,4-10,15-17H2,1-3H3,(H2,22,23,24);1H. The Kier molecular flexibility index (Phi) is 12.8. The van der Waals surface area contributed by atoms with Crippen molar-refractivity contribution < 1.29 is 13.2 Å². The topological polar surface area (TPSA) is 83.0 Å². The summed E-state index contributed by atoms with van der Waals surface area (Å²) in [5, 5.41) is 6.57. The Hall–Kier alpha value is -0.910. The highest BCUT2D eigenvalue weighted by molar-refractivity contribution is 14.0. The maximum atomic E-state index is 12.1. The average Bonchev–Trinajstić information content (AvgIpc) is 2.72. The maximum absolute atomic E-state index is 12.1. The number of hydrogen-bond donors (Lipinski definition) is 2. The van der Waals surface area contributed by atoms with Crippen molar-refractivity contribution in [3.05, 3.63) is 29.8 Å². The monoisotopic (exact) mass is 552 g/mol. The summed E-state index contributed by atoms with van der Waals surface area (Å²) in [5.74, 6) is 0.759. The second-order valence-corrected chi connectivity index (χ2v) is 9.69. The van der Waals surface area contributed by atoms with Gasteiger partial charge >= 0.3 is 0 Å². The first-order valence-corrected chi connectivity index (χ1v) is 12.0. The molecule has 1 saturated carbocycles. The number of nitrogens with zero attached hydrogens (tertiary/aromatic N) is 2. The summed E-state index contributed by atoms with van der Waals surface area (Å²) in [6.45, 7) is 4.88. The van der Waals surface area contributed by atoms with E-state index in [1.54, 1.807) is 12.1 Å². The van der Waals surface area contributed by atoms with Crippen molar-refractivity contribution in [1.82, 2.24) is 14.9 Å². The van der Waals surface area contributed by atoms with Gasteiger partial charge in [0.25, 0.3) is 0 Å². The molecule has 0 spiro atoms. The molecule has 0 atom stereocenters. The highest BCUT2D eigenvalue weighted by atomic mass is 127. The van der Waals surface area contributed by atoms with Gasteiger partial charge in [0.15, 0.2) is 5.96 Å². The zero-order valence-electron chi connectivity index (χ0n) is 18.4. The van der Waals surface area contributed by atoms with Crippen molar-refractivity contribution >= 4 is 40.0 Å². The summed E-state index contributed by atoms with van der Waals surface area (Å²) < 4.78 is 31.4. The van der Waals surface area contributed by atoms with E-state index in [0.29, 0.717) is 17.5 Å². The molecule has 1 fully saturated rings. The quantitative estimate of drug-likeness (QED) is 0.201. The Morgan fingerprint density at radius 3 is 2.40 bits per heavy atom. The Balaban J connectivity index is 0.00000450. The second kappa shape index (κ2) is 14.2. The van der Waals surface area contributed by atoms with Gasteiger partial charge in [0.1, 0.15) is 0 Å². The Labute approximate surface area is 199 Å². The fourth-order valence-electron chi connectivity index (χ4n) is 3.25. The smallest absolute Gasteiger partial charge is 0.242 e. The van der Waals surface area contributed by atoms with Gasteiger partial charge in [-0.05, 0) is 43.9 Å². The van der Waals surface area contributed by atoms with Gasteiger partial charge in [-0.25, -0.2) is 17.7 Å². The van der Waals surface area contributed by atoms with Crippen LogP contribution in [0, 0.1) is 0 Å². The van der Waals surface area contributed by atoms with Crippen molar-refractivity contribution in [3.8, 4) is 0 Å². The van der Waals surface area contributed by atoms with Gasteiger partial charge in [-0.3, -0.25) is 0 Å². The van der Waals surface area contributed by atoms with E-state index in [1.807, 2.05) is 19.1 Å². The maximum Gasteiger partial charge on any atom is 0.242 e. The van der Waals surface area contributed by atoms with E-state index in [1.165, 1.54) is 50.5 Å². The molecule has 2 N–H and O–H groups in total. The molecule has 0 unspecified atom stereocenters. The molecule has 30 heavy (non-hydrogen) atoms. The summed E-state index contributed by atoms with van der Waals surface area (Å²) in [7, 11) is -0.339. The first kappa shape index (κ1) is 27.1. The molecule has 0 aliphatic heterocycles. The summed E-state index contributed by atoms with van der Waals surface area (Å²) in [6, 6.07) is 6.87. The summed E-state index contributed by atoms with van der Waals surface area (Å²) in [6.07, 6.45) is 7.73. The van der Waals surface area contributed by atoms with Gasteiger partial charge in [0.05, 0.1) is 17.5 Å². The van der Waals surface area contributed by atoms with E-state index < -0.39 is 10.0 Å². The number of guanidine groups is 1. The van der Waals surface area contributed by atoms with Gasteiger partial charge in [-0.2, -0.15) is 0 Å². The predicted molar refractivity (Wildman–Crippen MR) is 133 cm³/mol. The van der Waals surface area contributed by atoms with Crippen LogP contribution in [0.15, 0.2) is 34.2 Å². The Bertz CT molecular complexity index is 733. The van der Waals surface area contributed by atoms with E-state index in [2.05, 4.69) is 15.6 Å². The van der Waals surface area contributed by atoms with Crippen molar-refractivity contribution in [1.29, 1.82) is 0 Å². The van der Waals surface area contributed by atoms with Crippen LogP contribution in [-0.4, -0.2) is 58.6 Å². The first-order chi connectivity index (χ1) is 13.9. The lowest BCUT2D eigenvalue weighted by atomic mass is 9.98. The molecule has 9 heteroatoms. The molecule has 7 nitrogen and oxygen atoms in total. The molecule has 0 heterocycles.